The highest BCUT2D eigenvalue weighted by molar-refractivity contribution is 7.99. The number of thioether (sulfide) groups is 1. The number of unbranched alkanes of at least 4 members (excludes halogenated alkanes) is 1. The number of allylic oxidation sites excluding steroid dienone is 1. The van der Waals surface area contributed by atoms with Crippen LogP contribution in [0.15, 0.2) is 40.7 Å². The van der Waals surface area contributed by atoms with Gasteiger partial charge >= 0.3 is 0 Å². The number of aromatic nitrogens is 3. The van der Waals surface area contributed by atoms with Crippen LogP contribution in [0.2, 0.25) is 0 Å². The molecule has 3 rings (SSSR count). The van der Waals surface area contributed by atoms with E-state index in [0.29, 0.717) is 29.0 Å². The second-order valence-corrected chi connectivity index (χ2v) is 7.78. The van der Waals surface area contributed by atoms with Crippen LogP contribution in [0.1, 0.15) is 51.6 Å². The molecule has 0 saturated carbocycles. The quantitative estimate of drug-likeness (QED) is 0.491. The molecule has 0 saturated heterocycles. The maximum absolute atomic E-state index is 12.3. The Labute approximate surface area is 169 Å². The molecular formula is C20H27N5O2S. The van der Waals surface area contributed by atoms with Crippen molar-refractivity contribution in [2.45, 2.75) is 51.2 Å². The summed E-state index contributed by atoms with van der Waals surface area (Å²) in [6.07, 6.45) is 3.15. The summed E-state index contributed by atoms with van der Waals surface area (Å²) in [5, 5.41) is 8.53. The maximum Gasteiger partial charge on any atom is 0.248 e. The number of primary amides is 1. The maximum atomic E-state index is 12.3. The van der Waals surface area contributed by atoms with Crippen molar-refractivity contribution in [3.8, 4) is 5.75 Å². The second kappa shape index (κ2) is 9.14. The number of carbonyl (C=O) groups excluding carboxylic acids is 1. The summed E-state index contributed by atoms with van der Waals surface area (Å²) >= 11 is 1.62. The molecular weight excluding hydrogens is 374 g/mol. The number of nitrogens with zero attached hydrogens (tertiary/aromatic N) is 3. The van der Waals surface area contributed by atoms with Gasteiger partial charge in [-0.05, 0) is 37.5 Å². The zero-order valence-electron chi connectivity index (χ0n) is 16.6. The van der Waals surface area contributed by atoms with Gasteiger partial charge in [0.15, 0.2) is 0 Å². The summed E-state index contributed by atoms with van der Waals surface area (Å²) < 4.78 is 7.52. The predicted molar refractivity (Wildman–Crippen MR) is 112 cm³/mol. The van der Waals surface area contributed by atoms with Gasteiger partial charge in [0.25, 0.3) is 0 Å². The second-order valence-electron chi connectivity index (χ2n) is 6.72. The number of rotatable bonds is 9. The molecule has 1 aliphatic heterocycles. The summed E-state index contributed by atoms with van der Waals surface area (Å²) in [4.78, 5) is 16.9. The summed E-state index contributed by atoms with van der Waals surface area (Å²) in [6.45, 7) is 6.70. The van der Waals surface area contributed by atoms with Gasteiger partial charge in [-0.3, -0.25) is 4.79 Å². The molecule has 0 bridgehead atoms. The van der Waals surface area contributed by atoms with E-state index < -0.39 is 11.9 Å². The van der Waals surface area contributed by atoms with Crippen LogP contribution < -0.4 is 15.8 Å². The third-order valence-corrected chi connectivity index (χ3v) is 5.40. The number of fused-ring (bicyclic) bond motifs is 1. The van der Waals surface area contributed by atoms with Gasteiger partial charge in [-0.2, -0.15) is 4.98 Å². The Bertz CT molecular complexity index is 877. The lowest BCUT2D eigenvalue weighted by Crippen LogP contribution is -2.31. The molecule has 1 aromatic carbocycles. The van der Waals surface area contributed by atoms with Crippen LogP contribution in [0.3, 0.4) is 0 Å². The normalized spacial score (nSPS) is 15.9. The van der Waals surface area contributed by atoms with Crippen molar-refractivity contribution in [3.05, 3.63) is 41.1 Å². The summed E-state index contributed by atoms with van der Waals surface area (Å²) in [5.74, 6) is 1.86. The SMILES string of the molecule is CCCCSc1nc2n(n1)C(c1cccc(OCCC)c1)C(C(N)=O)=C(C)N2. The minimum absolute atomic E-state index is 0.438. The average molecular weight is 402 g/mol. The van der Waals surface area contributed by atoms with E-state index in [9.17, 15) is 4.79 Å². The van der Waals surface area contributed by atoms with Gasteiger partial charge in [-0.25, -0.2) is 4.68 Å². The van der Waals surface area contributed by atoms with E-state index in [-0.39, 0.29) is 0 Å². The van der Waals surface area contributed by atoms with E-state index in [1.54, 1.807) is 16.4 Å². The van der Waals surface area contributed by atoms with Gasteiger partial charge in [0.05, 0.1) is 12.2 Å². The van der Waals surface area contributed by atoms with E-state index in [2.05, 4.69) is 29.2 Å². The highest BCUT2D eigenvalue weighted by atomic mass is 32.2. The van der Waals surface area contributed by atoms with Crippen LogP contribution in [0, 0.1) is 0 Å². The molecule has 28 heavy (non-hydrogen) atoms. The average Bonchev–Trinajstić information content (AvgIpc) is 3.07. The first kappa shape index (κ1) is 20.3. The number of nitrogens with two attached hydrogens (primary N) is 1. The molecule has 1 aromatic heterocycles. The number of anilines is 1. The molecule has 1 aliphatic rings. The van der Waals surface area contributed by atoms with Crippen LogP contribution in [0.5, 0.6) is 5.75 Å². The lowest BCUT2D eigenvalue weighted by Gasteiger charge is -2.27. The summed E-state index contributed by atoms with van der Waals surface area (Å²) in [5.41, 5.74) is 7.80. The topological polar surface area (TPSA) is 95.1 Å². The summed E-state index contributed by atoms with van der Waals surface area (Å²) in [6, 6.07) is 7.29. The fraction of sp³-hybridized carbons (Fsp3) is 0.450. The number of benzene rings is 1. The highest BCUT2D eigenvalue weighted by Crippen LogP contribution is 2.37. The lowest BCUT2D eigenvalue weighted by molar-refractivity contribution is -0.115. The molecule has 150 valence electrons. The first-order chi connectivity index (χ1) is 13.5. The van der Waals surface area contributed by atoms with E-state index in [1.165, 1.54) is 0 Å². The van der Waals surface area contributed by atoms with Gasteiger partial charge in [0, 0.05) is 11.4 Å². The van der Waals surface area contributed by atoms with E-state index in [1.807, 2.05) is 31.2 Å². The van der Waals surface area contributed by atoms with Crippen molar-refractivity contribution in [1.29, 1.82) is 0 Å². The fourth-order valence-corrected chi connectivity index (χ4v) is 4.03. The van der Waals surface area contributed by atoms with Crippen molar-refractivity contribution in [2.24, 2.45) is 5.73 Å². The first-order valence-electron chi connectivity index (χ1n) is 9.64. The number of hydrogen-bond donors (Lipinski definition) is 2. The zero-order valence-corrected chi connectivity index (χ0v) is 17.4. The molecule has 2 aromatic rings. The molecule has 7 nitrogen and oxygen atoms in total. The van der Waals surface area contributed by atoms with Gasteiger partial charge < -0.3 is 15.8 Å². The van der Waals surface area contributed by atoms with E-state index >= 15 is 0 Å². The number of hydrogen-bond acceptors (Lipinski definition) is 6. The smallest absolute Gasteiger partial charge is 0.248 e. The molecule has 8 heteroatoms. The lowest BCUT2D eigenvalue weighted by atomic mass is 9.95. The van der Waals surface area contributed by atoms with Crippen molar-refractivity contribution in [1.82, 2.24) is 14.8 Å². The zero-order chi connectivity index (χ0) is 20.1. The van der Waals surface area contributed by atoms with Crippen LogP contribution in [0.4, 0.5) is 5.95 Å². The molecule has 0 fully saturated rings. The van der Waals surface area contributed by atoms with E-state index in [0.717, 1.165) is 36.3 Å². The number of carbonyl (C=O) groups is 1. The molecule has 3 N–H and O–H groups in total. The van der Waals surface area contributed by atoms with Gasteiger partial charge in [0.2, 0.25) is 17.0 Å². The molecule has 1 atom stereocenters. The van der Waals surface area contributed by atoms with Crippen LogP contribution in [-0.2, 0) is 4.79 Å². The Kier molecular flexibility index (Phi) is 6.61. The first-order valence-corrected chi connectivity index (χ1v) is 10.6. The Hall–Kier alpha value is -2.48. The Balaban J connectivity index is 2.00. The van der Waals surface area contributed by atoms with Gasteiger partial charge in [-0.15, -0.1) is 5.10 Å². The minimum atomic E-state index is -0.476. The van der Waals surface area contributed by atoms with Gasteiger partial charge in [0.1, 0.15) is 11.8 Å². The van der Waals surface area contributed by atoms with Crippen LogP contribution in [-0.4, -0.2) is 33.0 Å². The number of amides is 1. The van der Waals surface area contributed by atoms with Crippen molar-refractivity contribution < 1.29 is 9.53 Å². The molecule has 0 spiro atoms. The molecule has 0 radical (unpaired) electrons. The predicted octanol–water partition coefficient (Wildman–Crippen LogP) is 3.73. The fourth-order valence-electron chi connectivity index (χ4n) is 3.12. The third kappa shape index (κ3) is 4.32. The van der Waals surface area contributed by atoms with Crippen LogP contribution >= 0.6 is 11.8 Å². The van der Waals surface area contributed by atoms with Crippen molar-refractivity contribution >= 4 is 23.6 Å². The summed E-state index contributed by atoms with van der Waals surface area (Å²) in [7, 11) is 0. The molecule has 1 unspecified atom stereocenters. The Morgan fingerprint density at radius 1 is 1.36 bits per heavy atom. The van der Waals surface area contributed by atoms with Crippen molar-refractivity contribution in [2.75, 3.05) is 17.7 Å². The monoisotopic (exact) mass is 401 g/mol. The van der Waals surface area contributed by atoms with Crippen molar-refractivity contribution in [3.63, 3.8) is 0 Å². The van der Waals surface area contributed by atoms with E-state index in [4.69, 9.17) is 10.5 Å². The molecule has 2 heterocycles. The molecule has 1 amide bonds. The highest BCUT2D eigenvalue weighted by Gasteiger charge is 2.33. The largest absolute Gasteiger partial charge is 0.494 e. The standard InChI is InChI=1S/C20H27N5O2S/c1-4-6-11-28-20-23-19-22-13(3)16(18(21)26)17(25(19)24-20)14-8-7-9-15(12-14)27-10-5-2/h7-9,12,17H,4-6,10-11H2,1-3H3,(H2,21,26)(H,22,23,24). The Morgan fingerprint density at radius 3 is 2.89 bits per heavy atom. The van der Waals surface area contributed by atoms with Gasteiger partial charge in [-0.1, -0.05) is 44.2 Å². The third-order valence-electron chi connectivity index (χ3n) is 4.47. The number of nitrogens with one attached hydrogen (secondary N) is 1. The Morgan fingerprint density at radius 2 is 2.18 bits per heavy atom. The molecule has 0 aliphatic carbocycles. The number of ether oxygens (including phenoxy) is 1. The minimum Gasteiger partial charge on any atom is -0.494 e. The van der Waals surface area contributed by atoms with Crippen LogP contribution in [0.25, 0.3) is 0 Å².